The molecule has 0 aliphatic carbocycles. The molecule has 0 spiro atoms. The number of benzene rings is 3. The van der Waals surface area contributed by atoms with E-state index in [2.05, 4.69) is 11.9 Å². The van der Waals surface area contributed by atoms with Crippen LogP contribution in [0.1, 0.15) is 41.7 Å². The van der Waals surface area contributed by atoms with E-state index in [1.807, 2.05) is 75.4 Å². The van der Waals surface area contributed by atoms with Gasteiger partial charge in [-0.2, -0.15) is 13.2 Å². The molecule has 2 heterocycles. The number of carbonyl (C=O) groups is 3. The molecule has 0 saturated carbocycles. The van der Waals surface area contributed by atoms with Gasteiger partial charge in [0, 0.05) is 44.8 Å². The summed E-state index contributed by atoms with van der Waals surface area (Å²) in [5.41, 5.74) is 2.56. The number of carbonyl (C=O) groups excluding carboxylic acids is 3. The highest BCUT2D eigenvalue weighted by Gasteiger charge is 2.51. The molecule has 5 rings (SSSR count). The van der Waals surface area contributed by atoms with Gasteiger partial charge in [0.15, 0.2) is 0 Å². The fraction of sp³-hybridized carbons (Fsp3) is 0.378. The van der Waals surface area contributed by atoms with E-state index in [-0.39, 0.29) is 51.1 Å². The van der Waals surface area contributed by atoms with Gasteiger partial charge in [-0.25, -0.2) is 14.8 Å². The number of aryl methyl sites for hydroxylation is 1. The summed E-state index contributed by atoms with van der Waals surface area (Å²) in [6.07, 6.45) is -3.77. The Kier molecular flexibility index (Phi) is 10.7. The van der Waals surface area contributed by atoms with Crippen molar-refractivity contribution in [3.05, 3.63) is 113 Å². The number of fused-ring (bicyclic) bond motifs is 1. The summed E-state index contributed by atoms with van der Waals surface area (Å²) in [5.74, 6) is -0.729. The highest BCUT2D eigenvalue weighted by Crippen LogP contribution is 2.35. The van der Waals surface area contributed by atoms with Crippen LogP contribution in [0, 0.1) is 6.92 Å². The normalized spacial score (nSPS) is 18.5. The Hall–Kier alpha value is -4.84. The first-order valence-electron chi connectivity index (χ1n) is 16.3. The van der Waals surface area contributed by atoms with Crippen LogP contribution in [0.25, 0.3) is 0 Å². The van der Waals surface area contributed by atoms with Crippen molar-refractivity contribution in [3.8, 4) is 0 Å². The van der Waals surface area contributed by atoms with E-state index in [1.54, 1.807) is 29.1 Å². The monoisotopic (exact) mass is 676 g/mol. The lowest BCUT2D eigenvalue weighted by Gasteiger charge is -2.55. The van der Waals surface area contributed by atoms with E-state index < -0.39 is 35.9 Å². The number of nitrogens with one attached hydrogen (secondary N) is 1. The molecule has 0 radical (unpaired) electrons. The van der Waals surface area contributed by atoms with E-state index in [0.29, 0.717) is 11.3 Å². The van der Waals surface area contributed by atoms with Crippen LogP contribution in [0.15, 0.2) is 85.5 Å². The largest absolute Gasteiger partial charge is 0.416 e. The zero-order valence-corrected chi connectivity index (χ0v) is 28.3. The van der Waals surface area contributed by atoms with E-state index in [0.717, 1.165) is 28.8 Å². The fourth-order valence-corrected chi connectivity index (χ4v) is 6.30. The number of urea groups is 1. The van der Waals surface area contributed by atoms with Gasteiger partial charge in [-0.3, -0.25) is 9.59 Å². The minimum absolute atomic E-state index is 0.0764. The zero-order valence-electron chi connectivity index (χ0n) is 28.3. The van der Waals surface area contributed by atoms with Crippen molar-refractivity contribution in [1.29, 1.82) is 0 Å². The second-order valence-electron chi connectivity index (χ2n) is 12.9. The Balaban J connectivity index is 1.55. The van der Waals surface area contributed by atoms with Crippen LogP contribution in [-0.4, -0.2) is 82.6 Å². The summed E-state index contributed by atoms with van der Waals surface area (Å²) < 4.78 is 42.3. The van der Waals surface area contributed by atoms with E-state index in [1.165, 1.54) is 14.8 Å². The van der Waals surface area contributed by atoms with Crippen molar-refractivity contribution in [2.24, 2.45) is 0 Å². The molecule has 9 nitrogen and oxygen atoms in total. The van der Waals surface area contributed by atoms with Gasteiger partial charge in [0.05, 0.1) is 18.7 Å². The third-order valence-corrected chi connectivity index (χ3v) is 9.07. The first-order valence-corrected chi connectivity index (χ1v) is 16.3. The zero-order chi connectivity index (χ0) is 35.5. The Morgan fingerprint density at radius 2 is 1.71 bits per heavy atom. The molecule has 3 aromatic rings. The average Bonchev–Trinajstić information content (AvgIpc) is 3.06. The molecule has 3 aromatic carbocycles. The molecule has 2 aliphatic rings. The summed E-state index contributed by atoms with van der Waals surface area (Å²) in [5, 5.41) is 5.99. The van der Waals surface area contributed by atoms with Crippen LogP contribution >= 0.6 is 0 Å². The number of halogens is 3. The number of hydrogen-bond acceptors (Lipinski definition) is 5. The van der Waals surface area contributed by atoms with Gasteiger partial charge in [0.2, 0.25) is 11.8 Å². The number of piperazine rings is 1. The lowest BCUT2D eigenvalue weighted by Crippen LogP contribution is -2.76. The van der Waals surface area contributed by atoms with Crippen LogP contribution in [0.2, 0.25) is 0 Å². The number of alkyl halides is 3. The molecule has 49 heavy (non-hydrogen) atoms. The van der Waals surface area contributed by atoms with Crippen LogP contribution in [0.3, 0.4) is 0 Å². The Morgan fingerprint density at radius 3 is 2.35 bits per heavy atom. The smallest absolute Gasteiger partial charge is 0.372 e. The molecule has 2 saturated heterocycles. The topological polar surface area (TPSA) is 79.4 Å². The maximum atomic E-state index is 14.4. The van der Waals surface area contributed by atoms with E-state index >= 15 is 0 Å². The summed E-state index contributed by atoms with van der Waals surface area (Å²) in [6, 6.07) is 19.3. The molecule has 2 fully saturated rings. The second-order valence-corrected chi connectivity index (χ2v) is 12.9. The Morgan fingerprint density at radius 1 is 1.02 bits per heavy atom. The summed E-state index contributed by atoms with van der Waals surface area (Å²) >= 11 is 0. The van der Waals surface area contributed by atoms with Crippen LogP contribution in [-0.2, 0) is 35.3 Å². The number of hydrazine groups is 1. The van der Waals surface area contributed by atoms with Gasteiger partial charge in [-0.15, -0.1) is 6.58 Å². The van der Waals surface area contributed by atoms with Gasteiger partial charge >= 0.3 is 12.2 Å². The van der Waals surface area contributed by atoms with Crippen molar-refractivity contribution >= 4 is 23.5 Å². The number of hydrogen-bond donors (Lipinski definition) is 1. The molecule has 2 aliphatic heterocycles. The molecule has 0 aromatic heterocycles. The second kappa shape index (κ2) is 14.7. The van der Waals surface area contributed by atoms with Crippen LogP contribution in [0.4, 0.5) is 23.7 Å². The molecule has 0 bridgehead atoms. The van der Waals surface area contributed by atoms with Gasteiger partial charge in [-0.1, -0.05) is 66.2 Å². The van der Waals surface area contributed by atoms with Gasteiger partial charge in [0.1, 0.15) is 12.2 Å². The van der Waals surface area contributed by atoms with Crippen molar-refractivity contribution < 1.29 is 27.6 Å². The first kappa shape index (κ1) is 35.5. The first-order chi connectivity index (χ1) is 23.3. The minimum Gasteiger partial charge on any atom is -0.372 e. The maximum absolute atomic E-state index is 14.4. The van der Waals surface area contributed by atoms with Gasteiger partial charge in [-0.05, 0) is 55.7 Å². The summed E-state index contributed by atoms with van der Waals surface area (Å²) in [6.45, 7) is 9.52. The molecule has 2 atom stereocenters. The SMILES string of the molecule is C=CCN1CC(=O)N2[C@@H](Cc3ccc(C)cc3)C(=O)N(Cc3cc(N(C)C(C)C)cc(C(F)(F)F)c3)C[C@@H]2N1C(=O)NCc1ccccc1. The Labute approximate surface area is 285 Å². The number of rotatable bonds is 10. The molecule has 4 amide bonds. The number of anilines is 1. The maximum Gasteiger partial charge on any atom is 0.416 e. The quantitative estimate of drug-likeness (QED) is 0.283. The van der Waals surface area contributed by atoms with Crippen molar-refractivity contribution in [3.63, 3.8) is 0 Å². The highest BCUT2D eigenvalue weighted by atomic mass is 19.4. The lowest BCUT2D eigenvalue weighted by atomic mass is 9.97. The highest BCUT2D eigenvalue weighted by molar-refractivity contribution is 5.91. The molecule has 0 unspecified atom stereocenters. The van der Waals surface area contributed by atoms with Gasteiger partial charge < -0.3 is 20.0 Å². The lowest BCUT2D eigenvalue weighted by molar-refractivity contribution is -0.189. The third-order valence-electron chi connectivity index (χ3n) is 9.07. The van der Waals surface area contributed by atoms with Crippen molar-refractivity contribution in [2.75, 3.05) is 31.6 Å². The molecular formula is C37H43F3N6O3. The minimum atomic E-state index is -4.60. The van der Waals surface area contributed by atoms with Crippen molar-refractivity contribution in [2.45, 2.75) is 64.7 Å². The van der Waals surface area contributed by atoms with Crippen molar-refractivity contribution in [1.82, 2.24) is 25.1 Å². The van der Waals surface area contributed by atoms with E-state index in [9.17, 15) is 27.6 Å². The molecule has 260 valence electrons. The number of nitrogens with zero attached hydrogens (tertiary/aromatic N) is 5. The van der Waals surface area contributed by atoms with E-state index in [4.69, 9.17) is 0 Å². The van der Waals surface area contributed by atoms with Crippen LogP contribution < -0.4 is 10.2 Å². The fourth-order valence-electron chi connectivity index (χ4n) is 6.30. The predicted molar refractivity (Wildman–Crippen MR) is 182 cm³/mol. The average molecular weight is 677 g/mol. The third kappa shape index (κ3) is 8.07. The molecular weight excluding hydrogens is 633 g/mol. The van der Waals surface area contributed by atoms with Crippen LogP contribution in [0.5, 0.6) is 0 Å². The van der Waals surface area contributed by atoms with Gasteiger partial charge in [0.25, 0.3) is 0 Å². The predicted octanol–water partition coefficient (Wildman–Crippen LogP) is 5.60. The number of amides is 4. The standard InChI is InChI=1S/C37H43F3N6O3/c1-6-16-44-24-34(47)45-32(19-27-14-12-26(4)13-15-27)35(48)43(23-33(45)46(44)36(49)41-21-28-10-8-7-9-11-28)22-29-17-30(37(38,39)40)20-31(18-29)42(5)25(2)3/h6-15,17-18,20,25,32-33H,1,16,19,21-24H2,2-5H3,(H,41,49)/t32-,33-/m0/s1. The Bertz CT molecular complexity index is 1660. The molecule has 1 N–H and O–H groups in total. The molecule has 12 heteroatoms. The summed E-state index contributed by atoms with van der Waals surface area (Å²) in [4.78, 5) is 46.9. The summed E-state index contributed by atoms with van der Waals surface area (Å²) in [7, 11) is 1.72.